The van der Waals surface area contributed by atoms with E-state index in [-0.39, 0.29) is 11.2 Å². The van der Waals surface area contributed by atoms with E-state index in [1.54, 1.807) is 19.0 Å². The minimum Gasteiger partial charge on any atom is -0.410 e. The Bertz CT molecular complexity index is 522. The molecule has 0 fully saturated rings. The van der Waals surface area contributed by atoms with Crippen molar-refractivity contribution in [3.63, 3.8) is 0 Å². The van der Waals surface area contributed by atoms with Gasteiger partial charge >= 0.3 is 0 Å². The third kappa shape index (κ3) is 2.91. The zero-order valence-corrected chi connectivity index (χ0v) is 11.9. The Morgan fingerprint density at radius 1 is 1.50 bits per heavy atom. The summed E-state index contributed by atoms with van der Waals surface area (Å²) in [5, 5.41) is 10.0. The Morgan fingerprint density at radius 2 is 2.28 bits per heavy atom. The zero-order valence-electron chi connectivity index (χ0n) is 10.3. The van der Waals surface area contributed by atoms with E-state index >= 15 is 0 Å². The lowest BCUT2D eigenvalue weighted by molar-refractivity contribution is -0.127. The molecule has 1 unspecified atom stereocenters. The van der Waals surface area contributed by atoms with Crippen molar-refractivity contribution in [2.45, 2.75) is 17.4 Å². The van der Waals surface area contributed by atoms with E-state index in [0.717, 1.165) is 4.88 Å². The highest BCUT2D eigenvalue weighted by Gasteiger charge is 2.20. The molecule has 2 aromatic heterocycles. The van der Waals surface area contributed by atoms with Crippen LogP contribution in [-0.2, 0) is 4.79 Å². The maximum absolute atomic E-state index is 11.7. The monoisotopic (exact) mass is 283 g/mol. The first kappa shape index (κ1) is 13.1. The Labute approximate surface area is 113 Å². The second-order valence-electron chi connectivity index (χ2n) is 3.84. The van der Waals surface area contributed by atoms with Gasteiger partial charge in [0.15, 0.2) is 0 Å². The summed E-state index contributed by atoms with van der Waals surface area (Å²) in [5.41, 5.74) is 0. The van der Waals surface area contributed by atoms with E-state index in [4.69, 9.17) is 4.42 Å². The Hall–Kier alpha value is -1.34. The predicted octanol–water partition coefficient (Wildman–Crippen LogP) is 2.37. The number of nitrogens with zero attached hydrogens (tertiary/aromatic N) is 3. The highest BCUT2D eigenvalue weighted by Crippen LogP contribution is 2.28. The van der Waals surface area contributed by atoms with Crippen LogP contribution in [0.4, 0.5) is 0 Å². The fraction of sp³-hybridized carbons (Fsp3) is 0.364. The molecule has 0 aliphatic carbocycles. The van der Waals surface area contributed by atoms with Crippen molar-refractivity contribution in [2.75, 3.05) is 14.1 Å². The molecule has 1 atom stereocenters. The molecule has 18 heavy (non-hydrogen) atoms. The number of hydrogen-bond acceptors (Lipinski definition) is 6. The van der Waals surface area contributed by atoms with Gasteiger partial charge in [0.25, 0.3) is 11.1 Å². The molecule has 96 valence electrons. The van der Waals surface area contributed by atoms with Crippen molar-refractivity contribution in [1.29, 1.82) is 0 Å². The highest BCUT2D eigenvalue weighted by atomic mass is 32.2. The van der Waals surface area contributed by atoms with E-state index in [0.29, 0.717) is 11.1 Å². The van der Waals surface area contributed by atoms with Crippen LogP contribution < -0.4 is 0 Å². The van der Waals surface area contributed by atoms with Crippen LogP contribution in [0.3, 0.4) is 0 Å². The van der Waals surface area contributed by atoms with Crippen molar-refractivity contribution in [3.05, 3.63) is 17.5 Å². The molecule has 5 nitrogen and oxygen atoms in total. The number of rotatable bonds is 4. The van der Waals surface area contributed by atoms with E-state index in [1.165, 1.54) is 23.1 Å². The first-order valence-corrected chi connectivity index (χ1v) is 7.09. The largest absolute Gasteiger partial charge is 0.410 e. The summed E-state index contributed by atoms with van der Waals surface area (Å²) in [7, 11) is 3.45. The molecule has 0 N–H and O–H groups in total. The number of carbonyl (C=O) groups is 1. The summed E-state index contributed by atoms with van der Waals surface area (Å²) < 4.78 is 5.51. The van der Waals surface area contributed by atoms with Gasteiger partial charge in [-0.2, -0.15) is 0 Å². The first-order chi connectivity index (χ1) is 8.58. The van der Waals surface area contributed by atoms with Crippen LogP contribution in [0.25, 0.3) is 10.8 Å². The Morgan fingerprint density at radius 3 is 2.89 bits per heavy atom. The summed E-state index contributed by atoms with van der Waals surface area (Å²) in [6.07, 6.45) is 0. The van der Waals surface area contributed by atoms with Gasteiger partial charge in [0, 0.05) is 14.1 Å². The van der Waals surface area contributed by atoms with Crippen molar-refractivity contribution in [2.24, 2.45) is 0 Å². The lowest BCUT2D eigenvalue weighted by Crippen LogP contribution is -2.29. The van der Waals surface area contributed by atoms with E-state index < -0.39 is 0 Å². The van der Waals surface area contributed by atoms with E-state index in [1.807, 2.05) is 24.4 Å². The molecule has 0 aliphatic rings. The van der Waals surface area contributed by atoms with Crippen LogP contribution in [0.15, 0.2) is 27.2 Å². The fourth-order valence-corrected chi connectivity index (χ4v) is 2.80. The zero-order chi connectivity index (χ0) is 13.1. The Balaban J connectivity index is 2.05. The third-order valence-corrected chi connectivity index (χ3v) is 3.98. The molecule has 1 amide bonds. The van der Waals surface area contributed by atoms with Gasteiger partial charge < -0.3 is 9.32 Å². The minimum atomic E-state index is -0.239. The number of thioether (sulfide) groups is 1. The van der Waals surface area contributed by atoms with Gasteiger partial charge in [-0.15, -0.1) is 21.5 Å². The summed E-state index contributed by atoms with van der Waals surface area (Å²) in [6, 6.07) is 3.84. The Kier molecular flexibility index (Phi) is 4.03. The van der Waals surface area contributed by atoms with Crippen LogP contribution in [0.2, 0.25) is 0 Å². The molecular formula is C11H13N3O2S2. The molecule has 2 rings (SSSR count). The molecular weight excluding hydrogens is 270 g/mol. The van der Waals surface area contributed by atoms with Crippen LogP contribution in [0.5, 0.6) is 0 Å². The van der Waals surface area contributed by atoms with Crippen LogP contribution >= 0.6 is 23.1 Å². The number of hydrogen-bond donors (Lipinski definition) is 0. The molecule has 2 heterocycles. The molecule has 2 aromatic rings. The fourth-order valence-electron chi connectivity index (χ4n) is 1.32. The topological polar surface area (TPSA) is 59.2 Å². The average Bonchev–Trinajstić information content (AvgIpc) is 2.96. The second-order valence-corrected chi connectivity index (χ2v) is 6.08. The van der Waals surface area contributed by atoms with E-state index in [9.17, 15) is 4.79 Å². The number of amides is 1. The van der Waals surface area contributed by atoms with Gasteiger partial charge in [0.1, 0.15) is 0 Å². The first-order valence-electron chi connectivity index (χ1n) is 5.33. The maximum Gasteiger partial charge on any atom is 0.277 e. The smallest absolute Gasteiger partial charge is 0.277 e. The van der Waals surface area contributed by atoms with Crippen molar-refractivity contribution < 1.29 is 9.21 Å². The molecule has 0 bridgehead atoms. The lowest BCUT2D eigenvalue weighted by Gasteiger charge is -2.14. The van der Waals surface area contributed by atoms with Crippen LogP contribution in [-0.4, -0.2) is 40.3 Å². The van der Waals surface area contributed by atoms with Crippen molar-refractivity contribution in [3.8, 4) is 10.8 Å². The summed E-state index contributed by atoms with van der Waals surface area (Å²) in [4.78, 5) is 14.2. The number of thiophene rings is 1. The van der Waals surface area contributed by atoms with Gasteiger partial charge in [-0.25, -0.2) is 0 Å². The minimum absolute atomic E-state index is 0.0240. The maximum atomic E-state index is 11.7. The van der Waals surface area contributed by atoms with Gasteiger partial charge in [0.2, 0.25) is 5.91 Å². The standard InChI is InChI=1S/C11H13N3O2S2/c1-7(10(15)14(2)3)18-11-13-12-9(16-11)8-5-4-6-17-8/h4-7H,1-3H3. The van der Waals surface area contributed by atoms with Crippen molar-refractivity contribution >= 4 is 29.0 Å². The summed E-state index contributed by atoms with van der Waals surface area (Å²) in [5.74, 6) is 0.521. The molecule has 0 saturated heterocycles. The van der Waals surface area contributed by atoms with Gasteiger partial charge in [-0.05, 0) is 18.4 Å². The van der Waals surface area contributed by atoms with E-state index in [2.05, 4.69) is 10.2 Å². The molecule has 0 aliphatic heterocycles. The quantitative estimate of drug-likeness (QED) is 0.806. The SMILES string of the molecule is CC(Sc1nnc(-c2cccs2)o1)C(=O)N(C)C. The summed E-state index contributed by atoms with van der Waals surface area (Å²) in [6.45, 7) is 1.82. The average molecular weight is 283 g/mol. The molecule has 0 aromatic carbocycles. The second kappa shape index (κ2) is 5.53. The van der Waals surface area contributed by atoms with Crippen molar-refractivity contribution in [1.82, 2.24) is 15.1 Å². The predicted molar refractivity (Wildman–Crippen MR) is 71.6 cm³/mol. The van der Waals surface area contributed by atoms with Gasteiger partial charge in [-0.1, -0.05) is 17.8 Å². The highest BCUT2D eigenvalue weighted by molar-refractivity contribution is 8.00. The molecule has 0 saturated carbocycles. The summed E-state index contributed by atoms with van der Waals surface area (Å²) >= 11 is 2.81. The van der Waals surface area contributed by atoms with Crippen LogP contribution in [0, 0.1) is 0 Å². The van der Waals surface area contributed by atoms with Gasteiger partial charge in [-0.3, -0.25) is 4.79 Å². The number of carbonyl (C=O) groups excluding carboxylic acids is 1. The molecule has 7 heteroatoms. The molecule has 0 radical (unpaired) electrons. The molecule has 0 spiro atoms. The third-order valence-electron chi connectivity index (χ3n) is 2.20. The lowest BCUT2D eigenvalue weighted by atomic mass is 10.4. The number of aromatic nitrogens is 2. The van der Waals surface area contributed by atoms with Gasteiger partial charge in [0.05, 0.1) is 10.1 Å². The van der Waals surface area contributed by atoms with Crippen LogP contribution in [0.1, 0.15) is 6.92 Å². The normalized spacial score (nSPS) is 12.4.